The zero-order valence-corrected chi connectivity index (χ0v) is 16.4. The summed E-state index contributed by atoms with van der Waals surface area (Å²) in [6.07, 6.45) is 3.90. The second kappa shape index (κ2) is 8.05. The van der Waals surface area contributed by atoms with Gasteiger partial charge in [-0.1, -0.05) is 17.7 Å². The summed E-state index contributed by atoms with van der Waals surface area (Å²) in [7, 11) is 4.10. The predicted octanol–water partition coefficient (Wildman–Crippen LogP) is 2.90. The normalized spacial score (nSPS) is 21.0. The number of likely N-dealkylation sites (N-methyl/N-ethyl adjacent to an activating group) is 1. The van der Waals surface area contributed by atoms with E-state index in [0.717, 1.165) is 63.1 Å². The molecule has 1 aromatic rings. The van der Waals surface area contributed by atoms with Crippen LogP contribution in [0.5, 0.6) is 0 Å². The number of piperidine rings is 2. The van der Waals surface area contributed by atoms with Crippen molar-refractivity contribution >= 4 is 5.91 Å². The van der Waals surface area contributed by atoms with E-state index < -0.39 is 0 Å². The Morgan fingerprint density at radius 3 is 2.62 bits per heavy atom. The van der Waals surface area contributed by atoms with Crippen LogP contribution in [0.4, 0.5) is 4.39 Å². The van der Waals surface area contributed by atoms with Crippen LogP contribution in [0.1, 0.15) is 36.8 Å². The van der Waals surface area contributed by atoms with Gasteiger partial charge in [0.25, 0.3) is 0 Å². The highest BCUT2D eigenvalue weighted by molar-refractivity contribution is 5.77. The van der Waals surface area contributed by atoms with E-state index in [4.69, 9.17) is 0 Å². The Bertz CT molecular complexity index is 638. The maximum Gasteiger partial charge on any atom is 0.222 e. The Morgan fingerprint density at radius 2 is 1.92 bits per heavy atom. The van der Waals surface area contributed by atoms with Gasteiger partial charge in [0.15, 0.2) is 0 Å². The van der Waals surface area contributed by atoms with E-state index in [9.17, 15) is 9.18 Å². The van der Waals surface area contributed by atoms with E-state index in [-0.39, 0.29) is 11.2 Å². The third kappa shape index (κ3) is 4.63. The molecule has 1 spiro atoms. The van der Waals surface area contributed by atoms with Gasteiger partial charge in [-0.25, -0.2) is 4.39 Å². The number of rotatable bonds is 5. The number of amides is 1. The molecular formula is C21H32FN3O. The molecule has 0 aromatic heterocycles. The molecular weight excluding hydrogens is 329 g/mol. The van der Waals surface area contributed by atoms with Crippen molar-refractivity contribution in [3.05, 3.63) is 35.1 Å². The summed E-state index contributed by atoms with van der Waals surface area (Å²) in [6, 6.07) is 5.36. The van der Waals surface area contributed by atoms with E-state index in [1.54, 1.807) is 6.07 Å². The van der Waals surface area contributed by atoms with Crippen LogP contribution in [0.3, 0.4) is 0 Å². The van der Waals surface area contributed by atoms with E-state index in [1.807, 2.05) is 33.2 Å². The fourth-order valence-corrected chi connectivity index (χ4v) is 4.29. The number of halogens is 1. The van der Waals surface area contributed by atoms with E-state index in [0.29, 0.717) is 18.9 Å². The lowest BCUT2D eigenvalue weighted by Crippen LogP contribution is -2.52. The SMILES string of the molecule is Cc1ccc(F)c(CN2CCC3(CCC(=O)N(CCN(C)C)C3)CC2)c1. The highest BCUT2D eigenvalue weighted by Gasteiger charge is 2.40. The molecule has 4 nitrogen and oxygen atoms in total. The molecule has 144 valence electrons. The van der Waals surface area contributed by atoms with E-state index >= 15 is 0 Å². The van der Waals surface area contributed by atoms with Crippen molar-refractivity contribution in [2.75, 3.05) is 46.8 Å². The van der Waals surface area contributed by atoms with Gasteiger partial charge in [-0.3, -0.25) is 9.69 Å². The summed E-state index contributed by atoms with van der Waals surface area (Å²) in [4.78, 5) is 18.8. The van der Waals surface area contributed by atoms with Gasteiger partial charge in [0.1, 0.15) is 5.82 Å². The average Bonchev–Trinajstić information content (AvgIpc) is 2.61. The fraction of sp³-hybridized carbons (Fsp3) is 0.667. The number of hydrogen-bond acceptors (Lipinski definition) is 3. The van der Waals surface area contributed by atoms with Crippen molar-refractivity contribution in [1.29, 1.82) is 0 Å². The van der Waals surface area contributed by atoms with Crippen molar-refractivity contribution in [3.63, 3.8) is 0 Å². The molecule has 1 aromatic carbocycles. The summed E-state index contributed by atoms with van der Waals surface area (Å²) in [5.74, 6) is 0.204. The Kier molecular flexibility index (Phi) is 5.98. The molecule has 1 amide bonds. The molecule has 2 heterocycles. The highest BCUT2D eigenvalue weighted by Crippen LogP contribution is 2.40. The molecule has 0 unspecified atom stereocenters. The van der Waals surface area contributed by atoms with Crippen LogP contribution >= 0.6 is 0 Å². The minimum Gasteiger partial charge on any atom is -0.341 e. The van der Waals surface area contributed by atoms with Crippen LogP contribution in [0, 0.1) is 18.2 Å². The first kappa shape index (κ1) is 19.3. The van der Waals surface area contributed by atoms with Crippen molar-refractivity contribution < 1.29 is 9.18 Å². The minimum absolute atomic E-state index is 0.103. The first-order valence-corrected chi connectivity index (χ1v) is 9.77. The molecule has 0 aliphatic carbocycles. The summed E-state index contributed by atoms with van der Waals surface area (Å²) in [6.45, 7) is 7.31. The van der Waals surface area contributed by atoms with Crippen molar-refractivity contribution in [2.24, 2.45) is 5.41 Å². The molecule has 0 saturated carbocycles. The second-order valence-corrected chi connectivity index (χ2v) is 8.49. The van der Waals surface area contributed by atoms with Crippen LogP contribution in [0.2, 0.25) is 0 Å². The zero-order chi connectivity index (χ0) is 18.7. The maximum atomic E-state index is 14.0. The molecule has 2 fully saturated rings. The number of carbonyl (C=O) groups excluding carboxylic acids is 1. The van der Waals surface area contributed by atoms with Gasteiger partial charge >= 0.3 is 0 Å². The number of benzene rings is 1. The summed E-state index contributed by atoms with van der Waals surface area (Å²) in [5.41, 5.74) is 2.17. The van der Waals surface area contributed by atoms with Crippen molar-refractivity contribution in [3.8, 4) is 0 Å². The number of hydrogen-bond donors (Lipinski definition) is 0. The molecule has 0 N–H and O–H groups in total. The lowest BCUT2D eigenvalue weighted by Gasteiger charge is -2.47. The monoisotopic (exact) mass is 361 g/mol. The highest BCUT2D eigenvalue weighted by atomic mass is 19.1. The van der Waals surface area contributed by atoms with Crippen molar-refractivity contribution in [1.82, 2.24) is 14.7 Å². The maximum absolute atomic E-state index is 14.0. The van der Waals surface area contributed by atoms with Gasteiger partial charge < -0.3 is 9.80 Å². The van der Waals surface area contributed by atoms with Gasteiger partial charge in [0, 0.05) is 38.2 Å². The number of carbonyl (C=O) groups is 1. The van der Waals surface area contributed by atoms with Crippen LogP contribution in [-0.4, -0.2) is 67.4 Å². The van der Waals surface area contributed by atoms with E-state index in [1.165, 1.54) is 0 Å². The summed E-state index contributed by atoms with van der Waals surface area (Å²) < 4.78 is 14.0. The first-order chi connectivity index (χ1) is 12.4. The predicted molar refractivity (Wildman–Crippen MR) is 102 cm³/mol. The van der Waals surface area contributed by atoms with E-state index in [2.05, 4.69) is 14.7 Å². The molecule has 0 radical (unpaired) electrons. The van der Waals surface area contributed by atoms with Crippen LogP contribution < -0.4 is 0 Å². The molecule has 2 saturated heterocycles. The largest absolute Gasteiger partial charge is 0.341 e. The van der Waals surface area contributed by atoms with Crippen LogP contribution in [0.25, 0.3) is 0 Å². The molecule has 2 aliphatic heterocycles. The van der Waals surface area contributed by atoms with Crippen molar-refractivity contribution in [2.45, 2.75) is 39.2 Å². The smallest absolute Gasteiger partial charge is 0.222 e. The van der Waals surface area contributed by atoms with Gasteiger partial charge in [-0.15, -0.1) is 0 Å². The number of likely N-dealkylation sites (tertiary alicyclic amines) is 2. The first-order valence-electron chi connectivity index (χ1n) is 9.77. The lowest BCUT2D eigenvalue weighted by atomic mass is 9.72. The van der Waals surface area contributed by atoms with Gasteiger partial charge in [0.05, 0.1) is 0 Å². The molecule has 0 atom stereocenters. The van der Waals surface area contributed by atoms with Gasteiger partial charge in [-0.05, 0) is 64.9 Å². The topological polar surface area (TPSA) is 26.8 Å². The quantitative estimate of drug-likeness (QED) is 0.807. The average molecular weight is 362 g/mol. The summed E-state index contributed by atoms with van der Waals surface area (Å²) >= 11 is 0. The minimum atomic E-state index is -0.103. The zero-order valence-electron chi connectivity index (χ0n) is 16.4. The Hall–Kier alpha value is -1.46. The molecule has 2 aliphatic rings. The van der Waals surface area contributed by atoms with Crippen LogP contribution in [0.15, 0.2) is 18.2 Å². The Labute approximate surface area is 157 Å². The standard InChI is InChI=1S/C21H32FN3O/c1-17-4-5-19(22)18(14-17)15-24-10-8-21(9-11-24)7-6-20(26)25(16-21)13-12-23(2)3/h4-5,14H,6-13,15-16H2,1-3H3. The third-order valence-corrected chi connectivity index (χ3v) is 6.08. The number of nitrogens with zero attached hydrogens (tertiary/aromatic N) is 3. The second-order valence-electron chi connectivity index (χ2n) is 8.49. The fourth-order valence-electron chi connectivity index (χ4n) is 4.29. The molecule has 0 bridgehead atoms. The lowest BCUT2D eigenvalue weighted by molar-refractivity contribution is -0.139. The molecule has 5 heteroatoms. The Balaban J connectivity index is 1.56. The van der Waals surface area contributed by atoms with Gasteiger partial charge in [0.2, 0.25) is 5.91 Å². The number of aryl methyl sites for hydroxylation is 1. The summed E-state index contributed by atoms with van der Waals surface area (Å²) in [5, 5.41) is 0. The van der Waals surface area contributed by atoms with Crippen LogP contribution in [-0.2, 0) is 11.3 Å². The Morgan fingerprint density at radius 1 is 1.19 bits per heavy atom. The third-order valence-electron chi connectivity index (χ3n) is 6.08. The van der Waals surface area contributed by atoms with Gasteiger partial charge in [-0.2, -0.15) is 0 Å². The molecule has 3 rings (SSSR count). The molecule has 26 heavy (non-hydrogen) atoms.